The van der Waals surface area contributed by atoms with E-state index in [1.165, 1.54) is 25.7 Å². The molecule has 0 amide bonds. The Morgan fingerprint density at radius 3 is 2.75 bits per heavy atom. The Kier molecular flexibility index (Phi) is 6.46. The van der Waals surface area contributed by atoms with Gasteiger partial charge in [0.2, 0.25) is 0 Å². The van der Waals surface area contributed by atoms with Crippen LogP contribution in [-0.4, -0.2) is 29.0 Å². The zero-order valence-corrected chi connectivity index (χ0v) is 15.2. The summed E-state index contributed by atoms with van der Waals surface area (Å²) in [6, 6.07) is 2.67. The lowest BCUT2D eigenvalue weighted by atomic mass is 9.83. The standard InChI is InChI=1S/C15H23Br2N3/c1-2-20(15-6-4-3-5-11(15)8-18)10-14-13(17)7-12(16)9-19-14/h7,9,11,15H,2-6,8,10,18H2,1H3. The lowest BCUT2D eigenvalue weighted by Gasteiger charge is -2.39. The summed E-state index contributed by atoms with van der Waals surface area (Å²) < 4.78 is 2.08. The van der Waals surface area contributed by atoms with Crippen LogP contribution in [0.15, 0.2) is 21.2 Å². The lowest BCUT2D eigenvalue weighted by Crippen LogP contribution is -2.44. The highest BCUT2D eigenvalue weighted by molar-refractivity contribution is 9.11. The van der Waals surface area contributed by atoms with Gasteiger partial charge in [0, 0.05) is 27.7 Å². The van der Waals surface area contributed by atoms with Crippen molar-refractivity contribution in [2.24, 2.45) is 11.7 Å². The Hall–Kier alpha value is 0.0300. The van der Waals surface area contributed by atoms with Gasteiger partial charge in [-0.3, -0.25) is 9.88 Å². The minimum atomic E-state index is 0.607. The molecule has 2 unspecified atom stereocenters. The molecule has 1 aliphatic carbocycles. The number of nitrogens with two attached hydrogens (primary N) is 1. The minimum absolute atomic E-state index is 0.607. The van der Waals surface area contributed by atoms with E-state index in [-0.39, 0.29) is 0 Å². The Bertz CT molecular complexity index is 439. The number of nitrogens with zero attached hydrogens (tertiary/aromatic N) is 2. The van der Waals surface area contributed by atoms with Gasteiger partial charge in [-0.1, -0.05) is 19.8 Å². The smallest absolute Gasteiger partial charge is 0.0686 e. The highest BCUT2D eigenvalue weighted by atomic mass is 79.9. The summed E-state index contributed by atoms with van der Waals surface area (Å²) in [4.78, 5) is 7.08. The van der Waals surface area contributed by atoms with Gasteiger partial charge in [-0.05, 0) is 69.8 Å². The Morgan fingerprint density at radius 2 is 2.10 bits per heavy atom. The molecule has 0 radical (unpaired) electrons. The van der Waals surface area contributed by atoms with Crippen molar-refractivity contribution in [3.8, 4) is 0 Å². The molecule has 5 heteroatoms. The second-order valence-corrected chi connectivity index (χ2v) is 7.26. The number of pyridine rings is 1. The summed E-state index contributed by atoms with van der Waals surface area (Å²) in [7, 11) is 0. The fourth-order valence-electron chi connectivity index (χ4n) is 3.16. The maximum Gasteiger partial charge on any atom is 0.0686 e. The molecule has 0 aromatic carbocycles. The van der Waals surface area contributed by atoms with E-state index in [1.54, 1.807) is 0 Å². The number of aromatic nitrogens is 1. The second kappa shape index (κ2) is 7.87. The van der Waals surface area contributed by atoms with Gasteiger partial charge in [-0.15, -0.1) is 0 Å². The second-order valence-electron chi connectivity index (χ2n) is 5.49. The van der Waals surface area contributed by atoms with Crippen molar-refractivity contribution in [1.82, 2.24) is 9.88 Å². The Morgan fingerprint density at radius 1 is 1.35 bits per heavy atom. The third-order valence-corrected chi connectivity index (χ3v) is 5.40. The summed E-state index contributed by atoms with van der Waals surface area (Å²) in [6.07, 6.45) is 7.06. The average Bonchev–Trinajstić information content (AvgIpc) is 2.46. The molecule has 2 atom stereocenters. The number of hydrogen-bond donors (Lipinski definition) is 1. The van der Waals surface area contributed by atoms with Crippen LogP contribution in [0, 0.1) is 5.92 Å². The summed E-state index contributed by atoms with van der Waals surface area (Å²) in [5, 5.41) is 0. The molecule has 1 aromatic rings. The fraction of sp³-hybridized carbons (Fsp3) is 0.667. The predicted octanol–water partition coefficient (Wildman–Crippen LogP) is 3.95. The molecule has 112 valence electrons. The van der Waals surface area contributed by atoms with Gasteiger partial charge >= 0.3 is 0 Å². The SMILES string of the molecule is CCN(Cc1ncc(Br)cc1Br)C1CCCCC1CN. The first-order chi connectivity index (χ1) is 9.65. The van der Waals surface area contributed by atoms with E-state index in [1.807, 2.05) is 6.20 Å². The van der Waals surface area contributed by atoms with E-state index in [9.17, 15) is 0 Å². The van der Waals surface area contributed by atoms with Crippen molar-refractivity contribution in [1.29, 1.82) is 0 Å². The molecule has 0 spiro atoms. The zero-order chi connectivity index (χ0) is 14.5. The molecule has 0 aliphatic heterocycles. The average molecular weight is 405 g/mol. The van der Waals surface area contributed by atoms with Gasteiger partial charge in [0.15, 0.2) is 0 Å². The first-order valence-corrected chi connectivity index (χ1v) is 8.98. The molecular formula is C15H23Br2N3. The van der Waals surface area contributed by atoms with Crippen LogP contribution in [-0.2, 0) is 6.54 Å². The number of rotatable bonds is 5. The van der Waals surface area contributed by atoms with Crippen molar-refractivity contribution < 1.29 is 0 Å². The molecule has 1 heterocycles. The van der Waals surface area contributed by atoms with Crippen molar-refractivity contribution in [2.75, 3.05) is 13.1 Å². The lowest BCUT2D eigenvalue weighted by molar-refractivity contribution is 0.104. The van der Waals surface area contributed by atoms with Crippen LogP contribution in [0.5, 0.6) is 0 Å². The quantitative estimate of drug-likeness (QED) is 0.807. The molecule has 0 bridgehead atoms. The summed E-state index contributed by atoms with van der Waals surface area (Å²) >= 11 is 7.07. The first-order valence-electron chi connectivity index (χ1n) is 7.39. The van der Waals surface area contributed by atoms with E-state index >= 15 is 0 Å². The highest BCUT2D eigenvalue weighted by Gasteiger charge is 2.28. The fourth-order valence-corrected chi connectivity index (χ4v) is 4.27. The third kappa shape index (κ3) is 4.03. The highest BCUT2D eigenvalue weighted by Crippen LogP contribution is 2.30. The van der Waals surface area contributed by atoms with Gasteiger partial charge in [-0.25, -0.2) is 0 Å². The Balaban J connectivity index is 2.11. The first kappa shape index (κ1) is 16.4. The van der Waals surface area contributed by atoms with Gasteiger partial charge < -0.3 is 5.73 Å². The van der Waals surface area contributed by atoms with Gasteiger partial charge in [0.1, 0.15) is 0 Å². The molecule has 1 saturated carbocycles. The van der Waals surface area contributed by atoms with E-state index < -0.39 is 0 Å². The maximum absolute atomic E-state index is 5.97. The zero-order valence-electron chi connectivity index (χ0n) is 12.0. The van der Waals surface area contributed by atoms with Crippen LogP contribution >= 0.6 is 31.9 Å². The summed E-state index contributed by atoms with van der Waals surface area (Å²) in [5.74, 6) is 0.637. The molecule has 2 N–H and O–H groups in total. The number of hydrogen-bond acceptors (Lipinski definition) is 3. The van der Waals surface area contributed by atoms with Gasteiger partial charge in [0.25, 0.3) is 0 Å². The van der Waals surface area contributed by atoms with Crippen LogP contribution in [0.1, 0.15) is 38.3 Å². The predicted molar refractivity (Wildman–Crippen MR) is 90.5 cm³/mol. The van der Waals surface area contributed by atoms with E-state index in [0.29, 0.717) is 12.0 Å². The summed E-state index contributed by atoms with van der Waals surface area (Å²) in [5.41, 5.74) is 7.08. The Labute approximate surface area is 138 Å². The third-order valence-electron chi connectivity index (χ3n) is 4.28. The van der Waals surface area contributed by atoms with Gasteiger partial charge in [0.05, 0.1) is 5.69 Å². The van der Waals surface area contributed by atoms with Crippen LogP contribution in [0.4, 0.5) is 0 Å². The summed E-state index contributed by atoms with van der Waals surface area (Å²) in [6.45, 7) is 4.97. The largest absolute Gasteiger partial charge is 0.330 e. The minimum Gasteiger partial charge on any atom is -0.330 e. The van der Waals surface area contributed by atoms with Crippen LogP contribution in [0.2, 0.25) is 0 Å². The molecule has 0 saturated heterocycles. The molecule has 3 nitrogen and oxygen atoms in total. The van der Waals surface area contributed by atoms with Crippen LogP contribution < -0.4 is 5.73 Å². The van der Waals surface area contributed by atoms with Crippen molar-refractivity contribution in [3.05, 3.63) is 26.9 Å². The van der Waals surface area contributed by atoms with Crippen molar-refractivity contribution in [2.45, 2.75) is 45.2 Å². The van der Waals surface area contributed by atoms with E-state index in [2.05, 4.69) is 54.7 Å². The van der Waals surface area contributed by atoms with Crippen LogP contribution in [0.25, 0.3) is 0 Å². The monoisotopic (exact) mass is 403 g/mol. The molecule has 2 rings (SSSR count). The molecular weight excluding hydrogens is 382 g/mol. The van der Waals surface area contributed by atoms with E-state index in [4.69, 9.17) is 5.73 Å². The molecule has 1 aromatic heterocycles. The van der Waals surface area contributed by atoms with Crippen molar-refractivity contribution in [3.63, 3.8) is 0 Å². The number of halogens is 2. The molecule has 1 aliphatic rings. The molecule has 20 heavy (non-hydrogen) atoms. The van der Waals surface area contributed by atoms with Gasteiger partial charge in [-0.2, -0.15) is 0 Å². The van der Waals surface area contributed by atoms with E-state index in [0.717, 1.165) is 34.3 Å². The topological polar surface area (TPSA) is 42.2 Å². The maximum atomic E-state index is 5.97. The molecule has 1 fully saturated rings. The van der Waals surface area contributed by atoms with Crippen LogP contribution in [0.3, 0.4) is 0 Å². The van der Waals surface area contributed by atoms with Crippen molar-refractivity contribution >= 4 is 31.9 Å². The normalized spacial score (nSPS) is 23.2.